The van der Waals surface area contributed by atoms with E-state index in [1.807, 2.05) is 0 Å². The molecule has 110 heavy (non-hydrogen) atoms. The van der Waals surface area contributed by atoms with Crippen molar-refractivity contribution in [1.29, 1.82) is 0 Å². The van der Waals surface area contributed by atoms with Gasteiger partial charge in [0.25, 0.3) is 0 Å². The average Bonchev–Trinajstić information content (AvgIpc) is 1.12. The average molecular weight is 1410 g/mol. The monoisotopic (exact) mass is 1410 g/mol. The minimum Gasteiger partial charge on any atom is -0.455 e. The van der Waals surface area contributed by atoms with Gasteiger partial charge in [-0.25, -0.2) is 0 Å². The molecule has 0 spiro atoms. The maximum Gasteiger partial charge on any atom is 0.247 e. The Hall–Kier alpha value is -14.3. The lowest BCUT2D eigenvalue weighted by Gasteiger charge is -2.50. The fourth-order valence-electron chi connectivity index (χ4n) is 18.3. The topological polar surface area (TPSA) is 62.3 Å². The lowest BCUT2D eigenvalue weighted by Crippen LogP contribution is -2.61. The van der Waals surface area contributed by atoms with Crippen LogP contribution in [0.3, 0.4) is 0 Å². The Morgan fingerprint density at radius 3 is 1.20 bits per heavy atom. The summed E-state index contributed by atoms with van der Waals surface area (Å²) in [6.07, 6.45) is 5.52. The number of allylic oxidation sites excluding steroid dienone is 2. The van der Waals surface area contributed by atoms with Crippen molar-refractivity contribution in [3.63, 3.8) is 0 Å². The number of anilines is 8. The zero-order chi connectivity index (χ0) is 72.1. The number of furan rings is 4. The Morgan fingerprint density at radius 1 is 0.282 bits per heavy atom. The summed E-state index contributed by atoms with van der Waals surface area (Å²) in [5.74, 6) is 0. The summed E-state index contributed by atoms with van der Waals surface area (Å²) in [6.45, 7) is -0.242. The molecule has 0 amide bonds. The standard InChI is InChI=1S/C102H64BN3O4/c1-3-23-63(24-4-1)65-27-15-31-71(55-65)104(72-32-16-28-66(56-72)64-25-5-2-6-26-64)75-61-92-98-93(62-75)106(74-34-18-30-68(58-74)77-40-20-44-85-81-36-8-12-48-95(81)108-100(77)85)91-60-70(79-42-22-46-87-83-38-10-14-50-97(83)110-102(79)87)52-54-89(91)103(98)88-53-51-69(78-41-21-45-86-82-37-9-13-49-96(82)109-101(78)86)59-90(88)105(92)73-33-17-29-67(57-73)76-39-19-43-84-80-35-7-11-47-94(80)107-99(76)84/h1-59,61-62,91H,60H2. The van der Waals surface area contributed by atoms with Crippen LogP contribution in [0.15, 0.2) is 393 Å². The molecule has 1 atom stereocenters. The summed E-state index contributed by atoms with van der Waals surface area (Å²) in [6, 6.07) is 130. The van der Waals surface area contributed by atoms with Gasteiger partial charge in [-0.1, -0.05) is 285 Å². The van der Waals surface area contributed by atoms with Gasteiger partial charge in [-0.05, 0) is 153 Å². The van der Waals surface area contributed by atoms with Crippen LogP contribution in [-0.2, 0) is 0 Å². The van der Waals surface area contributed by atoms with Crippen LogP contribution in [0.25, 0.3) is 149 Å². The third-order valence-corrected chi connectivity index (χ3v) is 23.2. The molecule has 1 aliphatic carbocycles. The highest BCUT2D eigenvalue weighted by molar-refractivity contribution is 6.95. The first-order chi connectivity index (χ1) is 54.5. The molecule has 7 nitrogen and oxygen atoms in total. The smallest absolute Gasteiger partial charge is 0.247 e. The van der Waals surface area contributed by atoms with Crippen LogP contribution in [-0.4, -0.2) is 12.8 Å². The Kier molecular flexibility index (Phi) is 13.9. The third kappa shape index (κ3) is 9.72. The molecule has 1 unspecified atom stereocenters. The Balaban J connectivity index is 0.833. The maximum atomic E-state index is 6.98. The highest BCUT2D eigenvalue weighted by Gasteiger charge is 2.49. The molecular weight excluding hydrogens is 1340 g/mol. The third-order valence-electron chi connectivity index (χ3n) is 23.2. The quantitative estimate of drug-likeness (QED) is 0.120. The second kappa shape index (κ2) is 24.6. The van der Waals surface area contributed by atoms with Crippen LogP contribution in [0.1, 0.15) is 12.0 Å². The van der Waals surface area contributed by atoms with Crippen molar-refractivity contribution in [2.24, 2.45) is 0 Å². The van der Waals surface area contributed by atoms with Crippen LogP contribution >= 0.6 is 0 Å². The Bertz CT molecular complexity index is 7180. The molecule has 0 fully saturated rings. The van der Waals surface area contributed by atoms with E-state index in [9.17, 15) is 0 Å². The predicted octanol–water partition coefficient (Wildman–Crippen LogP) is 27.0. The molecule has 8 heteroatoms. The van der Waals surface area contributed by atoms with Crippen LogP contribution in [0, 0.1) is 0 Å². The van der Waals surface area contributed by atoms with Crippen molar-refractivity contribution in [2.75, 3.05) is 14.7 Å². The van der Waals surface area contributed by atoms with E-state index < -0.39 is 0 Å². The van der Waals surface area contributed by atoms with Gasteiger partial charge in [0.15, 0.2) is 0 Å². The molecule has 6 heterocycles. The number of fused-ring (bicyclic) bond motifs is 16. The minimum atomic E-state index is -0.242. The van der Waals surface area contributed by atoms with Gasteiger partial charge in [0.1, 0.15) is 44.7 Å². The van der Waals surface area contributed by atoms with Gasteiger partial charge >= 0.3 is 0 Å². The number of para-hydroxylation sites is 8. The number of benzene rings is 16. The molecule has 0 saturated heterocycles. The van der Waals surface area contributed by atoms with Crippen molar-refractivity contribution in [3.05, 3.63) is 381 Å². The number of nitrogens with zero attached hydrogens (tertiary/aromatic N) is 3. The molecule has 16 aromatic carbocycles. The second-order valence-corrected chi connectivity index (χ2v) is 29.3. The first kappa shape index (κ1) is 61.9. The van der Waals surface area contributed by atoms with E-state index in [1.165, 1.54) is 22.0 Å². The number of rotatable bonds is 11. The van der Waals surface area contributed by atoms with E-state index in [2.05, 4.69) is 385 Å². The van der Waals surface area contributed by atoms with E-state index in [1.54, 1.807) is 0 Å². The molecule has 23 rings (SSSR count). The SMILES string of the molecule is C1=C(c2cccc3c2oc2ccccc23)CC2C(=C1)B1c3ccc(-c4cccc5c4oc4ccccc45)cc3N(c3cccc(-c4cccc5c4oc4ccccc45)c3)c3cc(N(c4cccc(-c5ccccc5)c4)c4cccc(-c5ccccc5)c4)cc(c31)N2c1cccc(-c2cccc3c2oc2ccccc23)c1. The predicted molar refractivity (Wildman–Crippen MR) is 457 cm³/mol. The fourth-order valence-corrected chi connectivity index (χ4v) is 18.3. The van der Waals surface area contributed by atoms with Crippen molar-refractivity contribution in [3.8, 4) is 55.6 Å². The largest absolute Gasteiger partial charge is 0.455 e. The normalized spacial score (nSPS) is 13.9. The van der Waals surface area contributed by atoms with E-state index in [0.717, 1.165) is 194 Å². The number of hydrogen-bond donors (Lipinski definition) is 0. The van der Waals surface area contributed by atoms with E-state index in [0.29, 0.717) is 6.42 Å². The van der Waals surface area contributed by atoms with Gasteiger partial charge in [0.05, 0.1) is 11.7 Å². The van der Waals surface area contributed by atoms with Crippen molar-refractivity contribution in [2.45, 2.75) is 12.5 Å². The van der Waals surface area contributed by atoms with Crippen LogP contribution in [0.2, 0.25) is 0 Å². The molecule has 0 radical (unpaired) electrons. The molecule has 0 saturated carbocycles. The molecule has 4 aromatic heterocycles. The molecule has 514 valence electrons. The first-order valence-electron chi connectivity index (χ1n) is 37.8. The summed E-state index contributed by atoms with van der Waals surface area (Å²) in [5, 5.41) is 8.71. The second-order valence-electron chi connectivity index (χ2n) is 29.3. The molecule has 0 bridgehead atoms. The lowest BCUT2D eigenvalue weighted by atomic mass is 9.31. The van der Waals surface area contributed by atoms with Gasteiger partial charge in [0, 0.05) is 105 Å². The lowest BCUT2D eigenvalue weighted by molar-refractivity contribution is 0.666. The zero-order valence-electron chi connectivity index (χ0n) is 59.6. The maximum absolute atomic E-state index is 6.98. The van der Waals surface area contributed by atoms with Gasteiger partial charge < -0.3 is 32.4 Å². The van der Waals surface area contributed by atoms with E-state index in [4.69, 9.17) is 17.7 Å². The molecule has 2 aliphatic heterocycles. The van der Waals surface area contributed by atoms with Crippen molar-refractivity contribution < 1.29 is 17.7 Å². The van der Waals surface area contributed by atoms with E-state index >= 15 is 0 Å². The van der Waals surface area contributed by atoms with Crippen LogP contribution < -0.4 is 25.6 Å². The molecular formula is C102H64BN3O4. The Labute approximate surface area is 634 Å². The van der Waals surface area contributed by atoms with Gasteiger partial charge in [-0.3, -0.25) is 0 Å². The summed E-state index contributed by atoms with van der Waals surface area (Å²) in [7, 11) is 0. The summed E-state index contributed by atoms with van der Waals surface area (Å²) in [4.78, 5) is 7.75. The summed E-state index contributed by atoms with van der Waals surface area (Å²) >= 11 is 0. The Morgan fingerprint density at radius 2 is 0.682 bits per heavy atom. The van der Waals surface area contributed by atoms with Crippen molar-refractivity contribution in [1.82, 2.24) is 0 Å². The first-order valence-corrected chi connectivity index (χ1v) is 37.8. The number of hydrogen-bond acceptors (Lipinski definition) is 7. The minimum absolute atomic E-state index is 0.236. The van der Waals surface area contributed by atoms with Gasteiger partial charge in [0.2, 0.25) is 6.71 Å². The summed E-state index contributed by atoms with van der Waals surface area (Å²) < 4.78 is 27.8. The highest BCUT2D eigenvalue weighted by Crippen LogP contribution is 2.54. The molecule has 3 aliphatic rings. The molecule has 0 N–H and O–H groups in total. The van der Waals surface area contributed by atoms with Crippen molar-refractivity contribution >= 4 is 156 Å². The van der Waals surface area contributed by atoms with Crippen LogP contribution in [0.5, 0.6) is 0 Å². The fraction of sp³-hybridized carbons (Fsp3) is 0.0196. The zero-order valence-corrected chi connectivity index (χ0v) is 59.6. The van der Waals surface area contributed by atoms with E-state index in [-0.39, 0.29) is 12.8 Å². The van der Waals surface area contributed by atoms with Gasteiger partial charge in [-0.15, -0.1) is 0 Å². The molecule has 20 aromatic rings. The van der Waals surface area contributed by atoms with Gasteiger partial charge in [-0.2, -0.15) is 0 Å². The van der Waals surface area contributed by atoms with Crippen LogP contribution in [0.4, 0.5) is 45.5 Å². The summed E-state index contributed by atoms with van der Waals surface area (Å²) in [5.41, 5.74) is 31.8. The highest BCUT2D eigenvalue weighted by atomic mass is 16.3.